The van der Waals surface area contributed by atoms with E-state index in [9.17, 15) is 9.18 Å². The van der Waals surface area contributed by atoms with E-state index in [1.54, 1.807) is 28.8 Å². The minimum atomic E-state index is -0.363. The monoisotopic (exact) mass is 409 g/mol. The topological polar surface area (TPSA) is 62.5 Å². The molecule has 2 aromatic heterocycles. The first-order chi connectivity index (χ1) is 14.3. The number of carbonyl (C=O) groups is 1. The highest BCUT2D eigenvalue weighted by Crippen LogP contribution is 2.27. The predicted octanol–water partition coefficient (Wildman–Crippen LogP) is 3.66. The Morgan fingerprint density at radius 3 is 2.60 bits per heavy atom. The molecule has 0 saturated carbocycles. The van der Waals surface area contributed by atoms with Crippen molar-refractivity contribution in [3.63, 3.8) is 0 Å². The molecule has 0 spiro atoms. The van der Waals surface area contributed by atoms with Crippen LogP contribution in [-0.2, 0) is 5.41 Å². The first-order valence-electron chi connectivity index (χ1n) is 10.5. The number of carbonyl (C=O) groups excluding carboxylic acids is 1. The Kier molecular flexibility index (Phi) is 5.56. The lowest BCUT2D eigenvalue weighted by Crippen LogP contribution is -2.34. The van der Waals surface area contributed by atoms with Gasteiger partial charge >= 0.3 is 0 Å². The molecule has 1 N–H and O–H groups in total. The number of amides is 1. The zero-order valence-corrected chi connectivity index (χ0v) is 17.8. The third kappa shape index (κ3) is 4.21. The van der Waals surface area contributed by atoms with Gasteiger partial charge < -0.3 is 10.2 Å². The minimum Gasteiger partial charge on any atom is -0.349 e. The van der Waals surface area contributed by atoms with Crippen molar-refractivity contribution < 1.29 is 9.18 Å². The fourth-order valence-electron chi connectivity index (χ4n) is 3.74. The van der Waals surface area contributed by atoms with Gasteiger partial charge in [-0.2, -0.15) is 5.10 Å². The summed E-state index contributed by atoms with van der Waals surface area (Å²) in [5, 5.41) is 7.62. The van der Waals surface area contributed by atoms with Crippen LogP contribution >= 0.6 is 0 Å². The van der Waals surface area contributed by atoms with Crippen LogP contribution < -0.4 is 5.32 Å². The van der Waals surface area contributed by atoms with E-state index in [0.29, 0.717) is 23.4 Å². The summed E-state index contributed by atoms with van der Waals surface area (Å²) in [6.45, 7) is 9.74. The zero-order chi connectivity index (χ0) is 21.3. The maximum atomic E-state index is 14.6. The van der Waals surface area contributed by atoms with Crippen LogP contribution in [0.2, 0.25) is 0 Å². The van der Waals surface area contributed by atoms with Gasteiger partial charge in [-0.15, -0.1) is 0 Å². The number of rotatable bonds is 5. The van der Waals surface area contributed by atoms with Crippen LogP contribution in [0.3, 0.4) is 0 Å². The van der Waals surface area contributed by atoms with Crippen molar-refractivity contribution in [1.29, 1.82) is 0 Å². The second-order valence-corrected chi connectivity index (χ2v) is 8.86. The SMILES string of the molecule is CC(C)(C)c1cc2nc(C(=O)NCCN3CCCC3)cc(-c3ccccc3F)n2n1. The van der Waals surface area contributed by atoms with Gasteiger partial charge in [0.2, 0.25) is 0 Å². The summed E-state index contributed by atoms with van der Waals surface area (Å²) in [5.41, 5.74) is 2.34. The Morgan fingerprint density at radius 1 is 1.17 bits per heavy atom. The Bertz CT molecular complexity index is 1060. The van der Waals surface area contributed by atoms with E-state index in [4.69, 9.17) is 0 Å². The molecule has 30 heavy (non-hydrogen) atoms. The molecule has 7 heteroatoms. The summed E-state index contributed by atoms with van der Waals surface area (Å²) in [5.74, 6) is -0.619. The van der Waals surface area contributed by atoms with Gasteiger partial charge in [0.25, 0.3) is 5.91 Å². The molecule has 3 aromatic rings. The molecule has 3 heterocycles. The Morgan fingerprint density at radius 2 is 1.90 bits per heavy atom. The lowest BCUT2D eigenvalue weighted by molar-refractivity contribution is 0.0945. The van der Waals surface area contributed by atoms with Crippen LogP contribution in [0.4, 0.5) is 4.39 Å². The molecule has 0 aliphatic carbocycles. The van der Waals surface area contributed by atoms with Crippen molar-refractivity contribution in [2.24, 2.45) is 0 Å². The van der Waals surface area contributed by atoms with E-state index in [1.807, 2.05) is 6.07 Å². The Balaban J connectivity index is 1.69. The van der Waals surface area contributed by atoms with Gasteiger partial charge in [0.05, 0.1) is 11.4 Å². The van der Waals surface area contributed by atoms with Gasteiger partial charge in [0.15, 0.2) is 5.65 Å². The van der Waals surface area contributed by atoms with Crippen LogP contribution in [0, 0.1) is 5.82 Å². The molecule has 4 rings (SSSR count). The maximum Gasteiger partial charge on any atom is 0.270 e. The number of halogens is 1. The number of hydrogen-bond acceptors (Lipinski definition) is 4. The molecule has 0 unspecified atom stereocenters. The largest absolute Gasteiger partial charge is 0.349 e. The number of aromatic nitrogens is 3. The summed E-state index contributed by atoms with van der Waals surface area (Å²) < 4.78 is 16.2. The molecule has 1 amide bonds. The van der Waals surface area contributed by atoms with E-state index in [-0.39, 0.29) is 22.8 Å². The Hall–Kier alpha value is -2.80. The van der Waals surface area contributed by atoms with Gasteiger partial charge in [-0.1, -0.05) is 32.9 Å². The summed E-state index contributed by atoms with van der Waals surface area (Å²) in [6, 6.07) is 10.0. The van der Waals surface area contributed by atoms with Crippen LogP contribution in [0.15, 0.2) is 36.4 Å². The average Bonchev–Trinajstić information content (AvgIpc) is 3.37. The number of likely N-dealkylation sites (tertiary alicyclic amines) is 1. The van der Waals surface area contributed by atoms with Crippen molar-refractivity contribution in [1.82, 2.24) is 24.8 Å². The number of hydrogen-bond donors (Lipinski definition) is 1. The molecule has 0 radical (unpaired) electrons. The predicted molar refractivity (Wildman–Crippen MR) is 115 cm³/mol. The van der Waals surface area contributed by atoms with Crippen LogP contribution in [0.1, 0.15) is 49.8 Å². The van der Waals surface area contributed by atoms with Gasteiger partial charge in [-0.05, 0) is 44.1 Å². The average molecular weight is 410 g/mol. The number of nitrogens with one attached hydrogen (secondary N) is 1. The van der Waals surface area contributed by atoms with Crippen LogP contribution in [0.5, 0.6) is 0 Å². The van der Waals surface area contributed by atoms with E-state index in [1.165, 1.54) is 18.9 Å². The number of fused-ring (bicyclic) bond motifs is 1. The quantitative estimate of drug-likeness (QED) is 0.699. The second-order valence-electron chi connectivity index (χ2n) is 8.86. The normalized spacial score (nSPS) is 15.1. The molecule has 1 fully saturated rings. The third-order valence-corrected chi connectivity index (χ3v) is 5.49. The summed E-state index contributed by atoms with van der Waals surface area (Å²) >= 11 is 0. The molecule has 158 valence electrons. The fraction of sp³-hybridized carbons (Fsp3) is 0.435. The highest BCUT2D eigenvalue weighted by atomic mass is 19.1. The maximum absolute atomic E-state index is 14.6. The van der Waals surface area contributed by atoms with Crippen molar-refractivity contribution in [2.75, 3.05) is 26.2 Å². The first-order valence-corrected chi connectivity index (χ1v) is 10.5. The standard InChI is InChI=1S/C23H28FN5O/c1-23(2,3)20-15-21-26-18(22(30)25-10-13-28-11-6-7-12-28)14-19(29(21)27-20)16-8-4-5-9-17(16)24/h4-5,8-9,14-15H,6-7,10-13H2,1-3H3,(H,25,30). The summed E-state index contributed by atoms with van der Waals surface area (Å²) in [6.07, 6.45) is 2.44. The second kappa shape index (κ2) is 8.14. The molecule has 1 aromatic carbocycles. The lowest BCUT2D eigenvalue weighted by Gasteiger charge is -2.15. The van der Waals surface area contributed by atoms with E-state index < -0.39 is 0 Å². The number of nitrogens with zero attached hydrogens (tertiary/aromatic N) is 4. The van der Waals surface area contributed by atoms with Crippen molar-refractivity contribution in [2.45, 2.75) is 39.0 Å². The van der Waals surface area contributed by atoms with Crippen LogP contribution in [0.25, 0.3) is 16.9 Å². The minimum absolute atomic E-state index is 0.196. The van der Waals surface area contributed by atoms with Gasteiger partial charge in [0.1, 0.15) is 11.5 Å². The lowest BCUT2D eigenvalue weighted by atomic mass is 9.93. The van der Waals surface area contributed by atoms with Gasteiger partial charge in [-0.25, -0.2) is 13.9 Å². The first kappa shape index (κ1) is 20.5. The zero-order valence-electron chi connectivity index (χ0n) is 17.8. The van der Waals surface area contributed by atoms with Crippen molar-refractivity contribution >= 4 is 11.6 Å². The molecule has 0 atom stereocenters. The summed E-state index contributed by atoms with van der Waals surface area (Å²) in [4.78, 5) is 19.7. The van der Waals surface area contributed by atoms with Crippen LogP contribution in [-0.4, -0.2) is 51.6 Å². The summed E-state index contributed by atoms with van der Waals surface area (Å²) in [7, 11) is 0. The Labute approximate surface area is 176 Å². The molecule has 1 aliphatic heterocycles. The highest BCUT2D eigenvalue weighted by molar-refractivity contribution is 5.94. The fourth-order valence-corrected chi connectivity index (χ4v) is 3.74. The van der Waals surface area contributed by atoms with E-state index >= 15 is 0 Å². The van der Waals surface area contributed by atoms with E-state index in [2.05, 4.69) is 41.1 Å². The molecule has 1 aliphatic rings. The highest BCUT2D eigenvalue weighted by Gasteiger charge is 2.22. The third-order valence-electron chi connectivity index (χ3n) is 5.49. The molecule has 1 saturated heterocycles. The van der Waals surface area contributed by atoms with Gasteiger partial charge in [-0.3, -0.25) is 4.79 Å². The van der Waals surface area contributed by atoms with E-state index in [0.717, 1.165) is 25.3 Å². The van der Waals surface area contributed by atoms with Crippen molar-refractivity contribution in [3.8, 4) is 11.3 Å². The molecular weight excluding hydrogens is 381 g/mol. The smallest absolute Gasteiger partial charge is 0.270 e. The molecule has 6 nitrogen and oxygen atoms in total. The molecule has 0 bridgehead atoms. The molecular formula is C23H28FN5O. The number of benzene rings is 1. The van der Waals surface area contributed by atoms with Crippen molar-refractivity contribution in [3.05, 3.63) is 53.6 Å². The van der Waals surface area contributed by atoms with Gasteiger partial charge in [0, 0.05) is 30.1 Å².